The van der Waals surface area contributed by atoms with Gasteiger partial charge in [0.05, 0.1) is 19.1 Å². The predicted molar refractivity (Wildman–Crippen MR) is 63.7 cm³/mol. The Kier molecular flexibility index (Phi) is 6.32. The highest BCUT2D eigenvalue weighted by atomic mass is 16.5. The van der Waals surface area contributed by atoms with Crippen molar-refractivity contribution in [2.45, 2.75) is 44.7 Å². The lowest BCUT2D eigenvalue weighted by Gasteiger charge is -2.25. The Balaban J connectivity index is 4.64. The van der Waals surface area contributed by atoms with Crippen molar-refractivity contribution in [3.63, 3.8) is 0 Å². The molecule has 104 valence electrons. The summed E-state index contributed by atoms with van der Waals surface area (Å²) in [5.41, 5.74) is 4.61. The maximum atomic E-state index is 11.8. The van der Waals surface area contributed by atoms with Crippen molar-refractivity contribution >= 4 is 17.8 Å². The second kappa shape index (κ2) is 6.95. The normalized spacial score (nSPS) is 15.3. The lowest BCUT2D eigenvalue weighted by Crippen LogP contribution is -2.56. The minimum Gasteiger partial charge on any atom is -0.480 e. The van der Waals surface area contributed by atoms with Crippen molar-refractivity contribution in [1.29, 1.82) is 0 Å². The second-order valence-electron chi connectivity index (χ2n) is 4.31. The molecule has 2 atom stereocenters. The smallest absolute Gasteiger partial charge is 0.326 e. The van der Waals surface area contributed by atoms with Gasteiger partial charge in [0.2, 0.25) is 5.91 Å². The molecular weight excluding hydrogens is 240 g/mol. The SMILES string of the molecule is CCCC(C)(N)C(=O)N[C@@H](CC(=O)OC)C(=O)O. The molecule has 0 radical (unpaired) electrons. The molecule has 0 aromatic heterocycles. The Morgan fingerprint density at radius 2 is 2.00 bits per heavy atom. The molecule has 7 heteroatoms. The van der Waals surface area contributed by atoms with Gasteiger partial charge in [-0.2, -0.15) is 0 Å². The fraction of sp³-hybridized carbons (Fsp3) is 0.727. The van der Waals surface area contributed by atoms with Crippen LogP contribution in [0, 0.1) is 0 Å². The molecule has 1 unspecified atom stereocenters. The van der Waals surface area contributed by atoms with Crippen molar-refractivity contribution in [1.82, 2.24) is 5.32 Å². The third kappa shape index (κ3) is 5.13. The summed E-state index contributed by atoms with van der Waals surface area (Å²) >= 11 is 0. The molecule has 0 spiro atoms. The number of carbonyl (C=O) groups is 3. The maximum Gasteiger partial charge on any atom is 0.326 e. The highest BCUT2D eigenvalue weighted by Gasteiger charge is 2.32. The number of carboxylic acid groups (broad SMARTS) is 1. The van der Waals surface area contributed by atoms with E-state index in [0.29, 0.717) is 12.8 Å². The van der Waals surface area contributed by atoms with Gasteiger partial charge in [0, 0.05) is 0 Å². The van der Waals surface area contributed by atoms with Gasteiger partial charge in [0.15, 0.2) is 0 Å². The molecule has 1 amide bonds. The average molecular weight is 260 g/mol. The average Bonchev–Trinajstić information content (AvgIpc) is 2.27. The minimum atomic E-state index is -1.33. The predicted octanol–water partition coefficient (Wildman–Crippen LogP) is -0.364. The van der Waals surface area contributed by atoms with E-state index in [-0.39, 0.29) is 0 Å². The third-order valence-corrected chi connectivity index (χ3v) is 2.49. The van der Waals surface area contributed by atoms with E-state index >= 15 is 0 Å². The Hall–Kier alpha value is -1.63. The molecule has 0 aromatic rings. The van der Waals surface area contributed by atoms with Gasteiger partial charge in [0.25, 0.3) is 0 Å². The first-order valence-corrected chi connectivity index (χ1v) is 5.64. The van der Waals surface area contributed by atoms with Crippen LogP contribution in [0.5, 0.6) is 0 Å². The number of hydrogen-bond donors (Lipinski definition) is 3. The summed E-state index contributed by atoms with van der Waals surface area (Å²) in [6.45, 7) is 3.38. The molecule has 0 bridgehead atoms. The zero-order valence-electron chi connectivity index (χ0n) is 10.9. The van der Waals surface area contributed by atoms with E-state index in [1.165, 1.54) is 6.92 Å². The van der Waals surface area contributed by atoms with Crippen LogP contribution in [0.15, 0.2) is 0 Å². The van der Waals surface area contributed by atoms with Crippen molar-refractivity contribution in [3.05, 3.63) is 0 Å². The molecule has 0 aliphatic heterocycles. The molecule has 0 saturated carbocycles. The third-order valence-electron chi connectivity index (χ3n) is 2.49. The first kappa shape index (κ1) is 16.4. The zero-order chi connectivity index (χ0) is 14.3. The molecule has 4 N–H and O–H groups in total. The number of amides is 1. The molecule has 0 heterocycles. The lowest BCUT2D eigenvalue weighted by molar-refractivity contribution is -0.149. The number of rotatable bonds is 7. The van der Waals surface area contributed by atoms with E-state index in [9.17, 15) is 14.4 Å². The summed E-state index contributed by atoms with van der Waals surface area (Å²) in [6, 6.07) is -1.33. The summed E-state index contributed by atoms with van der Waals surface area (Å²) < 4.78 is 4.36. The van der Waals surface area contributed by atoms with E-state index in [4.69, 9.17) is 10.8 Å². The van der Waals surface area contributed by atoms with Crippen molar-refractivity contribution < 1.29 is 24.2 Å². The molecule has 0 saturated heterocycles. The lowest BCUT2D eigenvalue weighted by atomic mass is 9.96. The highest BCUT2D eigenvalue weighted by Crippen LogP contribution is 2.09. The number of nitrogens with two attached hydrogens (primary N) is 1. The topological polar surface area (TPSA) is 119 Å². The minimum absolute atomic E-state index is 0.420. The van der Waals surface area contributed by atoms with Crippen LogP contribution in [0.1, 0.15) is 33.1 Å². The second-order valence-corrected chi connectivity index (χ2v) is 4.31. The highest BCUT2D eigenvalue weighted by molar-refractivity contribution is 5.91. The maximum absolute atomic E-state index is 11.8. The summed E-state index contributed by atoms with van der Waals surface area (Å²) in [5.74, 6) is -2.61. The van der Waals surface area contributed by atoms with Crippen LogP contribution >= 0.6 is 0 Å². The Labute approximate surface area is 106 Å². The molecule has 7 nitrogen and oxygen atoms in total. The first-order valence-electron chi connectivity index (χ1n) is 5.64. The standard InChI is InChI=1S/C11H20N2O5/c1-4-5-11(2,12)10(17)13-7(9(15)16)6-8(14)18-3/h7H,4-6,12H2,1-3H3,(H,13,17)(H,15,16)/t7-,11?/m0/s1. The number of ether oxygens (including phenoxy) is 1. The van der Waals surface area contributed by atoms with Crippen LogP contribution in [0.25, 0.3) is 0 Å². The summed E-state index contributed by atoms with van der Waals surface area (Å²) in [6.07, 6.45) is 0.679. The molecular formula is C11H20N2O5. The molecule has 0 fully saturated rings. The Bertz CT molecular complexity index is 327. The van der Waals surface area contributed by atoms with E-state index in [1.54, 1.807) is 0 Å². The van der Waals surface area contributed by atoms with Crippen LogP contribution < -0.4 is 11.1 Å². The van der Waals surface area contributed by atoms with Crippen molar-refractivity contribution in [2.24, 2.45) is 5.73 Å². The van der Waals surface area contributed by atoms with Crippen LogP contribution in [-0.4, -0.2) is 41.6 Å². The molecule has 0 aromatic carbocycles. The fourth-order valence-electron chi connectivity index (χ4n) is 1.41. The van der Waals surface area contributed by atoms with E-state index in [1.807, 2.05) is 6.92 Å². The summed E-state index contributed by atoms with van der Waals surface area (Å²) in [7, 11) is 1.15. The first-order chi connectivity index (χ1) is 8.24. The number of carbonyl (C=O) groups excluding carboxylic acids is 2. The van der Waals surface area contributed by atoms with E-state index in [0.717, 1.165) is 7.11 Å². The zero-order valence-corrected chi connectivity index (χ0v) is 10.9. The monoisotopic (exact) mass is 260 g/mol. The van der Waals surface area contributed by atoms with Gasteiger partial charge in [-0.05, 0) is 13.3 Å². The number of carboxylic acids is 1. The molecule has 18 heavy (non-hydrogen) atoms. The summed E-state index contributed by atoms with van der Waals surface area (Å²) in [4.78, 5) is 33.7. The van der Waals surface area contributed by atoms with Gasteiger partial charge >= 0.3 is 11.9 Å². The van der Waals surface area contributed by atoms with Crippen molar-refractivity contribution in [3.8, 4) is 0 Å². The van der Waals surface area contributed by atoms with E-state index < -0.39 is 35.8 Å². The van der Waals surface area contributed by atoms with Gasteiger partial charge in [-0.25, -0.2) is 4.79 Å². The Morgan fingerprint density at radius 3 is 2.39 bits per heavy atom. The number of esters is 1. The molecule has 0 aliphatic carbocycles. The molecule has 0 rings (SSSR count). The van der Waals surface area contributed by atoms with Crippen molar-refractivity contribution in [2.75, 3.05) is 7.11 Å². The fourth-order valence-corrected chi connectivity index (χ4v) is 1.41. The number of hydrogen-bond acceptors (Lipinski definition) is 5. The molecule has 0 aliphatic rings. The van der Waals surface area contributed by atoms with Gasteiger partial charge < -0.3 is 20.9 Å². The van der Waals surface area contributed by atoms with Crippen LogP contribution in [0.2, 0.25) is 0 Å². The van der Waals surface area contributed by atoms with Gasteiger partial charge in [-0.1, -0.05) is 13.3 Å². The number of nitrogens with one attached hydrogen (secondary N) is 1. The van der Waals surface area contributed by atoms with Gasteiger partial charge in [0.1, 0.15) is 6.04 Å². The van der Waals surface area contributed by atoms with Gasteiger partial charge in [-0.3, -0.25) is 9.59 Å². The largest absolute Gasteiger partial charge is 0.480 e. The Morgan fingerprint density at radius 1 is 1.44 bits per heavy atom. The number of aliphatic carboxylic acids is 1. The van der Waals surface area contributed by atoms with Crippen LogP contribution in [-0.2, 0) is 19.1 Å². The van der Waals surface area contributed by atoms with Crippen LogP contribution in [0.3, 0.4) is 0 Å². The summed E-state index contributed by atoms with van der Waals surface area (Å²) in [5, 5.41) is 11.1. The van der Waals surface area contributed by atoms with Gasteiger partial charge in [-0.15, -0.1) is 0 Å². The number of methoxy groups -OCH3 is 1. The van der Waals surface area contributed by atoms with Crippen LogP contribution in [0.4, 0.5) is 0 Å². The van der Waals surface area contributed by atoms with E-state index in [2.05, 4.69) is 10.1 Å². The quantitative estimate of drug-likeness (QED) is 0.538.